The Bertz CT molecular complexity index is 4240. The van der Waals surface area contributed by atoms with E-state index < -0.39 is 172 Å². The summed E-state index contributed by atoms with van der Waals surface area (Å²) in [4.78, 5) is 141. The Morgan fingerprint density at radius 3 is 1.08 bits per heavy atom. The van der Waals surface area contributed by atoms with E-state index in [0.717, 1.165) is 27.7 Å². The average Bonchev–Trinajstić information content (AvgIpc) is 0.756. The van der Waals surface area contributed by atoms with Crippen LogP contribution in [0.2, 0.25) is 25.1 Å². The van der Waals surface area contributed by atoms with Crippen molar-refractivity contribution in [2.45, 2.75) is 126 Å². The zero-order valence-electron chi connectivity index (χ0n) is 56.4. The van der Waals surface area contributed by atoms with Crippen LogP contribution in [0.25, 0.3) is 0 Å². The highest BCUT2D eigenvalue weighted by molar-refractivity contribution is 6.32. The summed E-state index contributed by atoms with van der Waals surface area (Å²) in [5, 5.41) is 3.71. The minimum Gasteiger partial charge on any atom is -0.463 e. The van der Waals surface area contributed by atoms with Gasteiger partial charge in [0.1, 0.15) is 56.4 Å². The molecule has 3 aliphatic heterocycles. The summed E-state index contributed by atoms with van der Waals surface area (Å²) in [7, 11) is 0. The molecule has 26 nitrogen and oxygen atoms in total. The lowest BCUT2D eigenvalue weighted by atomic mass is 9.94. The van der Waals surface area contributed by atoms with Crippen molar-refractivity contribution in [3.05, 3.63) is 246 Å². The fourth-order valence-corrected chi connectivity index (χ4v) is 12.0. The van der Waals surface area contributed by atoms with E-state index in [-0.39, 0.29) is 65.1 Å². The van der Waals surface area contributed by atoms with Crippen LogP contribution < -0.4 is 5.32 Å². The highest BCUT2D eigenvalue weighted by Crippen LogP contribution is 2.40. The average molecular weight is 1560 g/mol. The molecule has 556 valence electrons. The van der Waals surface area contributed by atoms with Gasteiger partial charge in [-0.15, -0.1) is 0 Å². The smallest absolute Gasteiger partial charge is 0.338 e. The van der Waals surface area contributed by atoms with Crippen LogP contribution in [0.15, 0.2) is 182 Å². The quantitative estimate of drug-likeness (QED) is 0.0389. The van der Waals surface area contributed by atoms with Crippen molar-refractivity contribution in [1.82, 2.24) is 5.32 Å². The third kappa shape index (κ3) is 21.4. The maximum Gasteiger partial charge on any atom is 0.338 e. The molecule has 0 saturated carbocycles. The number of rotatable bonds is 26. The van der Waals surface area contributed by atoms with Gasteiger partial charge < -0.3 is 76.4 Å². The van der Waals surface area contributed by atoms with Gasteiger partial charge in [-0.25, -0.2) is 28.8 Å². The van der Waals surface area contributed by atoms with Gasteiger partial charge in [0, 0.05) is 52.8 Å². The van der Waals surface area contributed by atoms with Crippen LogP contribution in [0.4, 0.5) is 0 Å². The summed E-state index contributed by atoms with van der Waals surface area (Å²) in [6.07, 6.45) is -28.2. The van der Waals surface area contributed by atoms with E-state index in [1.165, 1.54) is 146 Å². The van der Waals surface area contributed by atoms with Gasteiger partial charge in [-0.2, -0.15) is 0 Å². The molecule has 31 heteroatoms. The van der Waals surface area contributed by atoms with Gasteiger partial charge >= 0.3 is 53.7 Å². The molecule has 0 aromatic heterocycles. The standard InChI is InChI=1S/C75H66Cl5NO25/c1-39(82)81-58-62(97-42(4)85)59(96-41(3)84)55(36-92-40(2)83)98-73(58)106-64-60(101-69(88)44-13-9-6-10-14-44)56(37-93-67(86)45-15-25-50(76)26-16-45)100-75(66(64)104-72(91)49-23-33-54(80)34-24-49)105-61-57(38-94-68(87)46-17-27-51(77)28-18-46)99-74(95-35-43-11-7-5-8-12-43)65(103-71(90)48-21-31-53(79)32-22-48)63(61)102-70(89)47-19-29-52(78)30-20-47/h5-34,55-66,73-75H,35-38H2,1-4H3,(H,81,82)/t55-,56-,57-,58-,59-,60+,61-,62-,63+,64+,65-,66-,73+,74-,75+/m1/s1. The lowest BCUT2D eigenvalue weighted by molar-refractivity contribution is -0.373. The maximum atomic E-state index is 15.3. The van der Waals surface area contributed by atoms with Crippen molar-refractivity contribution in [3.63, 3.8) is 0 Å². The van der Waals surface area contributed by atoms with Gasteiger partial charge in [-0.3, -0.25) is 19.2 Å². The first-order valence-electron chi connectivity index (χ1n) is 32.5. The van der Waals surface area contributed by atoms with Crippen molar-refractivity contribution in [2.24, 2.45) is 0 Å². The van der Waals surface area contributed by atoms with E-state index >= 15 is 9.59 Å². The predicted octanol–water partition coefficient (Wildman–Crippen LogP) is 11.0. The Hall–Kier alpha value is -9.55. The van der Waals surface area contributed by atoms with Crippen LogP contribution in [-0.4, -0.2) is 172 Å². The third-order valence-corrected chi connectivity index (χ3v) is 17.5. The lowest BCUT2D eigenvalue weighted by Gasteiger charge is -2.51. The minimum atomic E-state index is -2.36. The third-order valence-electron chi connectivity index (χ3n) is 16.2. The maximum absolute atomic E-state index is 15.3. The molecule has 0 spiro atoms. The number of ether oxygens (including phenoxy) is 15. The molecule has 1 amide bonds. The zero-order chi connectivity index (χ0) is 75.7. The number of halogens is 5. The van der Waals surface area contributed by atoms with Crippen molar-refractivity contribution >= 4 is 118 Å². The summed E-state index contributed by atoms with van der Waals surface area (Å²) in [6.45, 7) is 1.18. The molecular formula is C75H66Cl5NO25. The molecule has 0 bridgehead atoms. The van der Waals surface area contributed by atoms with Crippen molar-refractivity contribution in [2.75, 3.05) is 19.8 Å². The van der Waals surface area contributed by atoms with E-state index in [4.69, 9.17) is 129 Å². The highest BCUT2D eigenvalue weighted by Gasteiger charge is 2.60. The van der Waals surface area contributed by atoms with Crippen LogP contribution >= 0.6 is 58.0 Å². The first-order valence-corrected chi connectivity index (χ1v) is 34.4. The fourth-order valence-electron chi connectivity index (χ4n) is 11.3. The summed E-state index contributed by atoms with van der Waals surface area (Å²) in [5.74, 6) is -10.3. The fraction of sp³-hybridized carbons (Fsp3) is 0.307. The Labute approximate surface area is 630 Å². The summed E-state index contributed by atoms with van der Waals surface area (Å²) >= 11 is 31.5. The second kappa shape index (κ2) is 37.1. The van der Waals surface area contributed by atoms with Gasteiger partial charge in [0.25, 0.3) is 0 Å². The molecule has 0 aliphatic carbocycles. The van der Waals surface area contributed by atoms with Crippen LogP contribution in [0, 0.1) is 0 Å². The minimum absolute atomic E-state index is 0.0281. The molecule has 3 fully saturated rings. The molecule has 0 unspecified atom stereocenters. The summed E-state index contributed by atoms with van der Waals surface area (Å²) in [6, 6.07) is 41.2. The number of nitrogens with one attached hydrogen (secondary N) is 1. The molecule has 0 radical (unpaired) electrons. The van der Waals surface area contributed by atoms with Crippen molar-refractivity contribution in [3.8, 4) is 0 Å². The molecule has 3 heterocycles. The molecule has 7 aromatic carbocycles. The molecule has 3 saturated heterocycles. The monoisotopic (exact) mass is 1560 g/mol. The largest absolute Gasteiger partial charge is 0.463 e. The van der Waals surface area contributed by atoms with Crippen LogP contribution in [0.5, 0.6) is 0 Å². The molecule has 15 atom stereocenters. The van der Waals surface area contributed by atoms with E-state index in [9.17, 15) is 38.4 Å². The second-order valence-corrected chi connectivity index (χ2v) is 26.1. The SMILES string of the molecule is CC(=O)N[C@H]1[C@H](O[C@H]2[C@@H](OC(=O)c3ccccc3)[C@@H](COC(=O)c3ccc(Cl)cc3)O[C@@H](O[C@H]3[C@H](OC(=O)c4ccc(Cl)cc4)[C@@H](OC(=O)c4ccc(Cl)cc4)[C@H](OCc4ccccc4)O[C@@H]3COC(=O)c3ccc(Cl)cc3)[C@@H]2OC(=O)c2ccc(Cl)cc2)O[C@H](COC(C)=O)[C@@H](OC(C)=O)[C@@H]1OC(C)=O. The number of benzene rings is 7. The van der Waals surface area contributed by atoms with E-state index in [2.05, 4.69) is 5.32 Å². The first-order chi connectivity index (χ1) is 50.8. The number of amides is 1. The van der Waals surface area contributed by atoms with E-state index in [0.29, 0.717) is 5.56 Å². The van der Waals surface area contributed by atoms with Gasteiger partial charge in [-0.1, -0.05) is 107 Å². The molecule has 106 heavy (non-hydrogen) atoms. The molecule has 7 aromatic rings. The topological polar surface area (TPSA) is 321 Å². The number of hydrogen-bond donors (Lipinski definition) is 1. The zero-order valence-corrected chi connectivity index (χ0v) is 60.2. The van der Waals surface area contributed by atoms with E-state index in [1.54, 1.807) is 36.4 Å². The summed E-state index contributed by atoms with van der Waals surface area (Å²) in [5.41, 5.74) is -0.130. The Balaban J connectivity index is 1.21. The van der Waals surface area contributed by atoms with Crippen LogP contribution in [-0.2, 0) is 96.8 Å². The second-order valence-electron chi connectivity index (χ2n) is 23.9. The molecular weight excluding hydrogens is 1490 g/mol. The van der Waals surface area contributed by atoms with Gasteiger partial charge in [0.2, 0.25) is 5.91 Å². The number of carbonyl (C=O) groups is 10. The highest BCUT2D eigenvalue weighted by atomic mass is 35.5. The molecule has 10 rings (SSSR count). The Morgan fingerprint density at radius 1 is 0.321 bits per heavy atom. The first kappa shape index (κ1) is 79.0. The van der Waals surface area contributed by atoms with Crippen LogP contribution in [0.1, 0.15) is 95.4 Å². The number of hydrogen-bond acceptors (Lipinski definition) is 25. The molecule has 3 aliphatic rings. The van der Waals surface area contributed by atoms with Gasteiger partial charge in [0.05, 0.1) is 40.0 Å². The van der Waals surface area contributed by atoms with E-state index in [1.807, 2.05) is 0 Å². The number of carbonyl (C=O) groups excluding carboxylic acids is 10. The predicted molar refractivity (Wildman–Crippen MR) is 373 cm³/mol. The van der Waals surface area contributed by atoms with Crippen molar-refractivity contribution in [1.29, 1.82) is 0 Å². The molecule has 1 N–H and O–H groups in total. The van der Waals surface area contributed by atoms with Crippen LogP contribution in [0.3, 0.4) is 0 Å². The number of esters is 9. The van der Waals surface area contributed by atoms with Crippen molar-refractivity contribution < 1.29 is 119 Å². The van der Waals surface area contributed by atoms with Gasteiger partial charge in [0.15, 0.2) is 55.5 Å². The normalized spacial score (nSPS) is 24.0. The van der Waals surface area contributed by atoms with Gasteiger partial charge in [-0.05, 0) is 139 Å². The summed E-state index contributed by atoms with van der Waals surface area (Å²) < 4.78 is 95.9. The Kier molecular flexibility index (Phi) is 27.7. The lowest BCUT2D eigenvalue weighted by Crippen LogP contribution is -2.70. The Morgan fingerprint density at radius 2 is 0.651 bits per heavy atom.